The molecular weight excluding hydrogens is 482 g/mol. The van der Waals surface area contributed by atoms with Gasteiger partial charge < -0.3 is 25.0 Å². The molecule has 2 N–H and O–H groups in total. The maximum absolute atomic E-state index is 14.7. The number of ether oxygens (including phenoxy) is 2. The van der Waals surface area contributed by atoms with Gasteiger partial charge in [-0.25, -0.2) is 18.6 Å². The van der Waals surface area contributed by atoms with E-state index in [1.54, 1.807) is 30.5 Å². The molecule has 0 radical (unpaired) electrons. The van der Waals surface area contributed by atoms with Crippen LogP contribution in [0, 0.1) is 23.0 Å². The molecule has 0 saturated carbocycles. The molecule has 2 heterocycles. The molecule has 3 aromatic carbocycles. The van der Waals surface area contributed by atoms with Gasteiger partial charge in [-0.2, -0.15) is 5.26 Å². The monoisotopic (exact) mass is 502 g/mol. The van der Waals surface area contributed by atoms with E-state index in [1.165, 1.54) is 24.3 Å². The van der Waals surface area contributed by atoms with Crippen LogP contribution in [0.15, 0.2) is 60.8 Å². The molecule has 5 rings (SSSR count). The summed E-state index contributed by atoms with van der Waals surface area (Å²) in [5.74, 6) is -0.394. The van der Waals surface area contributed by atoms with Crippen molar-refractivity contribution in [3.63, 3.8) is 0 Å². The SMILES string of the molecule is N#Cc1ccc(NC(=O)Nc2ccc(Oc3ccc4ncc(N5CCOCC5)nc4c3)c(F)c2)cc1F. The Morgan fingerprint density at radius 1 is 0.973 bits per heavy atom. The van der Waals surface area contributed by atoms with Crippen LogP contribution in [0.5, 0.6) is 11.5 Å². The lowest BCUT2D eigenvalue weighted by atomic mass is 10.2. The topological polar surface area (TPSA) is 112 Å². The number of fused-ring (bicyclic) bond motifs is 1. The molecular formula is C26H20F2N6O3. The Bertz CT molecular complexity index is 1520. The fourth-order valence-corrected chi connectivity index (χ4v) is 3.76. The molecule has 4 aromatic rings. The number of rotatable bonds is 5. The van der Waals surface area contributed by atoms with Crippen molar-refractivity contribution >= 4 is 34.3 Å². The number of anilines is 3. The van der Waals surface area contributed by atoms with Crippen LogP contribution in [0.3, 0.4) is 0 Å². The Balaban J connectivity index is 1.26. The molecule has 1 aromatic heterocycles. The maximum Gasteiger partial charge on any atom is 0.323 e. The first kappa shape index (κ1) is 23.9. The molecule has 1 aliphatic heterocycles. The lowest BCUT2D eigenvalue weighted by molar-refractivity contribution is 0.122. The van der Waals surface area contributed by atoms with E-state index in [4.69, 9.17) is 14.7 Å². The van der Waals surface area contributed by atoms with Crippen molar-refractivity contribution in [2.45, 2.75) is 0 Å². The summed E-state index contributed by atoms with van der Waals surface area (Å²) in [5.41, 5.74) is 1.45. The highest BCUT2D eigenvalue weighted by atomic mass is 19.1. The number of carbonyl (C=O) groups excluding carboxylic acids is 1. The van der Waals surface area contributed by atoms with E-state index < -0.39 is 17.7 Å². The lowest BCUT2D eigenvalue weighted by Crippen LogP contribution is -2.36. The largest absolute Gasteiger partial charge is 0.454 e. The second kappa shape index (κ2) is 10.4. The predicted molar refractivity (Wildman–Crippen MR) is 133 cm³/mol. The third-order valence-electron chi connectivity index (χ3n) is 5.60. The number of hydrogen-bond donors (Lipinski definition) is 2. The average molecular weight is 502 g/mol. The number of aromatic nitrogens is 2. The van der Waals surface area contributed by atoms with E-state index >= 15 is 0 Å². The normalized spacial score (nSPS) is 13.2. The molecule has 37 heavy (non-hydrogen) atoms. The van der Waals surface area contributed by atoms with Gasteiger partial charge in [-0.1, -0.05) is 0 Å². The van der Waals surface area contributed by atoms with Gasteiger partial charge in [0.15, 0.2) is 11.6 Å². The molecule has 0 aliphatic carbocycles. The van der Waals surface area contributed by atoms with Crippen molar-refractivity contribution in [2.24, 2.45) is 0 Å². The molecule has 1 aliphatic rings. The fraction of sp³-hybridized carbons (Fsp3) is 0.154. The van der Waals surface area contributed by atoms with Gasteiger partial charge in [0.25, 0.3) is 0 Å². The predicted octanol–water partition coefficient (Wildman–Crippen LogP) is 5.05. The van der Waals surface area contributed by atoms with E-state index in [2.05, 4.69) is 25.5 Å². The highest BCUT2D eigenvalue weighted by Crippen LogP contribution is 2.29. The number of nitrogens with zero attached hydrogens (tertiary/aromatic N) is 4. The van der Waals surface area contributed by atoms with Gasteiger partial charge in [-0.05, 0) is 42.5 Å². The summed E-state index contributed by atoms with van der Waals surface area (Å²) in [4.78, 5) is 23.4. The Hall–Kier alpha value is -4.82. The van der Waals surface area contributed by atoms with E-state index in [1.807, 2.05) is 0 Å². The molecule has 1 fully saturated rings. The Morgan fingerprint density at radius 2 is 1.70 bits per heavy atom. The first-order valence-corrected chi connectivity index (χ1v) is 11.3. The van der Waals surface area contributed by atoms with Crippen molar-refractivity contribution in [2.75, 3.05) is 41.8 Å². The number of benzene rings is 3. The van der Waals surface area contributed by atoms with Crippen molar-refractivity contribution in [1.82, 2.24) is 9.97 Å². The minimum absolute atomic E-state index is 0.0447. The van der Waals surface area contributed by atoms with Crippen molar-refractivity contribution < 1.29 is 23.0 Å². The van der Waals surface area contributed by atoms with Gasteiger partial charge in [0.1, 0.15) is 23.5 Å². The zero-order valence-electron chi connectivity index (χ0n) is 19.4. The zero-order chi connectivity index (χ0) is 25.8. The van der Waals surface area contributed by atoms with E-state index in [0.29, 0.717) is 30.0 Å². The second-order valence-corrected chi connectivity index (χ2v) is 8.11. The summed E-state index contributed by atoms with van der Waals surface area (Å²) in [6.45, 7) is 2.71. The number of nitrogens with one attached hydrogen (secondary N) is 2. The summed E-state index contributed by atoms with van der Waals surface area (Å²) in [7, 11) is 0. The molecule has 2 amide bonds. The standard InChI is InChI=1S/C26H20F2N6O3/c27-20-11-17(2-1-16(20)14-29)31-26(35)32-18-3-6-24(21(28)12-18)37-19-4-5-22-23(13-19)33-25(15-30-22)34-7-9-36-10-8-34/h1-6,11-13,15H,7-10H2,(H2,31,32,35). The highest BCUT2D eigenvalue weighted by molar-refractivity contribution is 5.99. The molecule has 0 spiro atoms. The van der Waals surface area contributed by atoms with Crippen LogP contribution in [-0.4, -0.2) is 42.3 Å². The smallest absolute Gasteiger partial charge is 0.323 e. The van der Waals surface area contributed by atoms with Crippen LogP contribution in [-0.2, 0) is 4.74 Å². The quantitative estimate of drug-likeness (QED) is 0.393. The van der Waals surface area contributed by atoms with Crippen molar-refractivity contribution in [3.05, 3.63) is 78.0 Å². The summed E-state index contributed by atoms with van der Waals surface area (Å²) in [5, 5.41) is 13.7. The van der Waals surface area contributed by atoms with E-state index in [0.717, 1.165) is 31.0 Å². The highest BCUT2D eigenvalue weighted by Gasteiger charge is 2.14. The van der Waals surface area contributed by atoms with Crippen LogP contribution < -0.4 is 20.3 Å². The van der Waals surface area contributed by atoms with Crippen LogP contribution >= 0.6 is 0 Å². The number of halogens is 2. The molecule has 0 atom stereocenters. The number of amides is 2. The third kappa shape index (κ3) is 5.55. The average Bonchev–Trinajstić information content (AvgIpc) is 2.90. The van der Waals surface area contributed by atoms with E-state index in [9.17, 15) is 13.6 Å². The van der Waals surface area contributed by atoms with Crippen molar-refractivity contribution in [1.29, 1.82) is 5.26 Å². The Kier molecular flexibility index (Phi) is 6.74. The van der Waals surface area contributed by atoms with Gasteiger partial charge in [-0.15, -0.1) is 0 Å². The molecule has 9 nitrogen and oxygen atoms in total. The van der Waals surface area contributed by atoms with Gasteiger partial charge in [0.05, 0.1) is 36.0 Å². The summed E-state index contributed by atoms with van der Waals surface area (Å²) in [6, 6.07) is 13.7. The first-order chi connectivity index (χ1) is 18.0. The third-order valence-corrected chi connectivity index (χ3v) is 5.60. The van der Waals surface area contributed by atoms with Gasteiger partial charge in [0.2, 0.25) is 0 Å². The van der Waals surface area contributed by atoms with Crippen LogP contribution in [0.25, 0.3) is 11.0 Å². The number of nitriles is 1. The van der Waals surface area contributed by atoms with Crippen molar-refractivity contribution in [3.8, 4) is 17.6 Å². The van der Waals surface area contributed by atoms with E-state index in [-0.39, 0.29) is 22.7 Å². The summed E-state index contributed by atoms with van der Waals surface area (Å²) >= 11 is 0. The van der Waals surface area contributed by atoms with Crippen LogP contribution in [0.2, 0.25) is 0 Å². The molecule has 1 saturated heterocycles. The van der Waals surface area contributed by atoms with Gasteiger partial charge >= 0.3 is 6.03 Å². The number of carbonyl (C=O) groups is 1. The molecule has 0 bridgehead atoms. The fourth-order valence-electron chi connectivity index (χ4n) is 3.76. The molecule has 0 unspecified atom stereocenters. The lowest BCUT2D eigenvalue weighted by Gasteiger charge is -2.27. The first-order valence-electron chi connectivity index (χ1n) is 11.3. The Labute approximate surface area is 210 Å². The second-order valence-electron chi connectivity index (χ2n) is 8.11. The maximum atomic E-state index is 14.7. The zero-order valence-corrected chi connectivity index (χ0v) is 19.4. The number of morpholine rings is 1. The summed E-state index contributed by atoms with van der Waals surface area (Å²) in [6.07, 6.45) is 1.72. The van der Waals surface area contributed by atoms with Gasteiger partial charge in [0, 0.05) is 36.6 Å². The minimum atomic E-state index is -0.759. The van der Waals surface area contributed by atoms with Gasteiger partial charge in [-0.3, -0.25) is 4.98 Å². The Morgan fingerprint density at radius 3 is 2.41 bits per heavy atom. The minimum Gasteiger partial charge on any atom is -0.454 e. The number of urea groups is 1. The number of hydrogen-bond acceptors (Lipinski definition) is 7. The van der Waals surface area contributed by atoms with Crippen LogP contribution in [0.4, 0.5) is 30.8 Å². The summed E-state index contributed by atoms with van der Waals surface area (Å²) < 4.78 is 39.6. The van der Waals surface area contributed by atoms with Crippen LogP contribution in [0.1, 0.15) is 5.56 Å². The molecule has 186 valence electrons. The molecule has 11 heteroatoms.